The molecule has 7 heteroatoms. The van der Waals surface area contributed by atoms with E-state index in [-0.39, 0.29) is 11.2 Å². The molecule has 0 N–H and O–H groups in total. The van der Waals surface area contributed by atoms with Crippen LogP contribution in [0.5, 0.6) is 11.5 Å². The Labute approximate surface area is 157 Å². The highest BCUT2D eigenvalue weighted by molar-refractivity contribution is 7.89. The Morgan fingerprint density at radius 1 is 1.12 bits per heavy atom. The molecule has 2 aliphatic rings. The van der Waals surface area contributed by atoms with Crippen molar-refractivity contribution in [2.75, 3.05) is 46.2 Å². The quantitative estimate of drug-likeness (QED) is 0.756. The van der Waals surface area contributed by atoms with Gasteiger partial charge in [-0.05, 0) is 44.2 Å². The van der Waals surface area contributed by atoms with E-state index in [1.165, 1.54) is 0 Å². The molecule has 26 heavy (non-hydrogen) atoms. The number of nitrogens with zero attached hydrogens (tertiary/aromatic N) is 2. The third-order valence-electron chi connectivity index (χ3n) is 5.78. The van der Waals surface area contributed by atoms with Gasteiger partial charge in [0.15, 0.2) is 11.5 Å². The predicted octanol–water partition coefficient (Wildman–Crippen LogP) is 2.34. The Morgan fingerprint density at radius 3 is 2.62 bits per heavy atom. The van der Waals surface area contributed by atoms with Gasteiger partial charge in [-0.1, -0.05) is 12.1 Å². The molecule has 0 aliphatic carbocycles. The van der Waals surface area contributed by atoms with Crippen LogP contribution in [0.1, 0.15) is 31.7 Å². The molecule has 0 bridgehead atoms. The van der Waals surface area contributed by atoms with E-state index < -0.39 is 10.0 Å². The van der Waals surface area contributed by atoms with E-state index in [1.807, 2.05) is 12.1 Å². The standard InChI is InChI=1S/C19H30N2O4S/c1-4-26(22,23)21-12-10-19(15-21)9-6-11-20(14-19)13-16-7-5-8-17(24-2)18(16)25-3/h5,7-8H,4,6,9-15H2,1-3H3/t19-/m1/s1. The Hall–Kier alpha value is -1.31. The fourth-order valence-electron chi connectivity index (χ4n) is 4.41. The van der Waals surface area contributed by atoms with E-state index in [0.29, 0.717) is 13.1 Å². The van der Waals surface area contributed by atoms with Crippen LogP contribution in [0.3, 0.4) is 0 Å². The molecule has 146 valence electrons. The van der Waals surface area contributed by atoms with Gasteiger partial charge >= 0.3 is 0 Å². The summed E-state index contributed by atoms with van der Waals surface area (Å²) in [6.45, 7) is 5.80. The number of methoxy groups -OCH3 is 2. The second kappa shape index (κ2) is 7.74. The molecular weight excluding hydrogens is 352 g/mol. The molecule has 6 nitrogen and oxygen atoms in total. The number of hydrogen-bond acceptors (Lipinski definition) is 5. The van der Waals surface area contributed by atoms with Gasteiger partial charge in [0.1, 0.15) is 0 Å². The average Bonchev–Trinajstić information content (AvgIpc) is 3.05. The van der Waals surface area contributed by atoms with E-state index >= 15 is 0 Å². The van der Waals surface area contributed by atoms with E-state index in [2.05, 4.69) is 11.0 Å². The fraction of sp³-hybridized carbons (Fsp3) is 0.684. The summed E-state index contributed by atoms with van der Waals surface area (Å²) in [4.78, 5) is 2.43. The van der Waals surface area contributed by atoms with E-state index in [0.717, 1.165) is 56.0 Å². The SMILES string of the molecule is CCS(=O)(=O)N1CC[C@@]2(CCCN(Cc3cccc(OC)c3OC)C2)C1. The highest BCUT2D eigenvalue weighted by Gasteiger charge is 2.44. The minimum Gasteiger partial charge on any atom is -0.493 e. The van der Waals surface area contributed by atoms with Crippen molar-refractivity contribution in [1.29, 1.82) is 0 Å². The zero-order valence-electron chi connectivity index (χ0n) is 16.0. The van der Waals surface area contributed by atoms with Crippen LogP contribution in [0.4, 0.5) is 0 Å². The molecular formula is C19H30N2O4S. The summed E-state index contributed by atoms with van der Waals surface area (Å²) >= 11 is 0. The van der Waals surface area contributed by atoms with Gasteiger partial charge in [0.2, 0.25) is 10.0 Å². The van der Waals surface area contributed by atoms with E-state index in [9.17, 15) is 8.42 Å². The van der Waals surface area contributed by atoms with Gasteiger partial charge in [-0.15, -0.1) is 0 Å². The lowest BCUT2D eigenvalue weighted by molar-refractivity contribution is 0.0927. The molecule has 3 rings (SSSR count). The molecule has 0 unspecified atom stereocenters. The predicted molar refractivity (Wildman–Crippen MR) is 102 cm³/mol. The molecule has 0 amide bonds. The lowest BCUT2D eigenvalue weighted by atomic mass is 9.79. The number of rotatable bonds is 6. The van der Waals surface area contributed by atoms with Gasteiger partial charge in [-0.25, -0.2) is 12.7 Å². The minimum absolute atomic E-state index is 0.0899. The zero-order chi connectivity index (χ0) is 18.8. The molecule has 2 fully saturated rings. The Balaban J connectivity index is 1.72. The first-order chi connectivity index (χ1) is 12.4. The molecule has 2 aliphatic heterocycles. The second-order valence-corrected chi connectivity index (χ2v) is 9.71. The molecule has 1 spiro atoms. The number of sulfonamides is 1. The van der Waals surface area contributed by atoms with Crippen LogP contribution < -0.4 is 9.47 Å². The minimum atomic E-state index is -3.09. The molecule has 0 aromatic heterocycles. The maximum atomic E-state index is 12.2. The van der Waals surface area contributed by atoms with Crippen LogP contribution in [0, 0.1) is 5.41 Å². The van der Waals surface area contributed by atoms with Crippen molar-refractivity contribution in [2.45, 2.75) is 32.7 Å². The van der Waals surface area contributed by atoms with Crippen LogP contribution in [0.25, 0.3) is 0 Å². The molecule has 0 saturated carbocycles. The van der Waals surface area contributed by atoms with Gasteiger partial charge in [0, 0.05) is 31.7 Å². The average molecular weight is 383 g/mol. The van der Waals surface area contributed by atoms with Crippen molar-refractivity contribution in [2.24, 2.45) is 5.41 Å². The summed E-state index contributed by atoms with van der Waals surface area (Å²) in [5, 5.41) is 0. The Bertz CT molecular complexity index is 737. The number of para-hydroxylation sites is 1. The first-order valence-corrected chi connectivity index (χ1v) is 10.9. The molecule has 1 atom stereocenters. The first-order valence-electron chi connectivity index (χ1n) is 9.33. The fourth-order valence-corrected chi connectivity index (χ4v) is 5.62. The van der Waals surface area contributed by atoms with Crippen molar-refractivity contribution >= 4 is 10.0 Å². The molecule has 2 saturated heterocycles. The maximum Gasteiger partial charge on any atom is 0.213 e. The largest absolute Gasteiger partial charge is 0.493 e. The number of likely N-dealkylation sites (tertiary alicyclic amines) is 1. The van der Waals surface area contributed by atoms with Gasteiger partial charge in [-0.3, -0.25) is 4.90 Å². The summed E-state index contributed by atoms with van der Waals surface area (Å²) in [6.07, 6.45) is 3.17. The summed E-state index contributed by atoms with van der Waals surface area (Å²) in [7, 11) is 0.231. The topological polar surface area (TPSA) is 59.1 Å². The summed E-state index contributed by atoms with van der Waals surface area (Å²) < 4.78 is 37.1. The van der Waals surface area contributed by atoms with Gasteiger partial charge < -0.3 is 9.47 Å². The Morgan fingerprint density at radius 2 is 1.92 bits per heavy atom. The van der Waals surface area contributed by atoms with Crippen molar-refractivity contribution in [3.8, 4) is 11.5 Å². The van der Waals surface area contributed by atoms with Crippen LogP contribution >= 0.6 is 0 Å². The highest BCUT2D eigenvalue weighted by Crippen LogP contribution is 2.41. The van der Waals surface area contributed by atoms with Crippen molar-refractivity contribution in [1.82, 2.24) is 9.21 Å². The molecule has 2 heterocycles. The van der Waals surface area contributed by atoms with Crippen molar-refractivity contribution in [3.63, 3.8) is 0 Å². The maximum absolute atomic E-state index is 12.2. The smallest absolute Gasteiger partial charge is 0.213 e. The summed E-state index contributed by atoms with van der Waals surface area (Å²) in [5.74, 6) is 1.72. The van der Waals surface area contributed by atoms with Crippen molar-refractivity contribution in [3.05, 3.63) is 23.8 Å². The van der Waals surface area contributed by atoms with E-state index in [4.69, 9.17) is 9.47 Å². The third-order valence-corrected chi connectivity index (χ3v) is 7.61. The van der Waals surface area contributed by atoms with Crippen LogP contribution in [0.2, 0.25) is 0 Å². The number of piperidine rings is 1. The van der Waals surface area contributed by atoms with Gasteiger partial charge in [0.05, 0.1) is 20.0 Å². The van der Waals surface area contributed by atoms with Gasteiger partial charge in [0.25, 0.3) is 0 Å². The molecule has 0 radical (unpaired) electrons. The lowest BCUT2D eigenvalue weighted by Crippen LogP contribution is -2.45. The van der Waals surface area contributed by atoms with Crippen molar-refractivity contribution < 1.29 is 17.9 Å². The second-order valence-electron chi connectivity index (χ2n) is 7.45. The highest BCUT2D eigenvalue weighted by atomic mass is 32.2. The van der Waals surface area contributed by atoms with Crippen LogP contribution in [0.15, 0.2) is 18.2 Å². The zero-order valence-corrected chi connectivity index (χ0v) is 16.8. The van der Waals surface area contributed by atoms with Gasteiger partial charge in [-0.2, -0.15) is 0 Å². The molecule has 1 aromatic carbocycles. The Kier molecular flexibility index (Phi) is 5.79. The normalized spacial score (nSPS) is 24.9. The third kappa shape index (κ3) is 3.85. The van der Waals surface area contributed by atoms with E-state index in [1.54, 1.807) is 25.4 Å². The summed E-state index contributed by atoms with van der Waals surface area (Å²) in [6, 6.07) is 5.97. The summed E-state index contributed by atoms with van der Waals surface area (Å²) in [5.41, 5.74) is 1.20. The number of benzene rings is 1. The number of hydrogen-bond donors (Lipinski definition) is 0. The first kappa shape index (κ1) is 19.5. The molecule has 1 aromatic rings. The lowest BCUT2D eigenvalue weighted by Gasteiger charge is -2.40. The van der Waals surface area contributed by atoms with Crippen LogP contribution in [-0.4, -0.2) is 63.8 Å². The van der Waals surface area contributed by atoms with Crippen LogP contribution in [-0.2, 0) is 16.6 Å². The number of ether oxygens (including phenoxy) is 2. The monoisotopic (exact) mass is 382 g/mol.